The minimum Gasteiger partial charge on any atom is -0.319 e. The SMILES string of the molecule is Cc1ccc(NC(=O)c2cn(C3CNC3)nn2)c(Cl)c1. The summed E-state index contributed by atoms with van der Waals surface area (Å²) in [4.78, 5) is 12.1. The third kappa shape index (κ3) is 2.52. The molecule has 2 heterocycles. The number of aryl methyl sites for hydroxylation is 1. The maximum Gasteiger partial charge on any atom is 0.277 e. The van der Waals surface area contributed by atoms with E-state index in [2.05, 4.69) is 20.9 Å². The summed E-state index contributed by atoms with van der Waals surface area (Å²) in [6.45, 7) is 3.65. The molecule has 0 unspecified atom stereocenters. The molecule has 0 atom stereocenters. The smallest absolute Gasteiger partial charge is 0.277 e. The number of aromatic nitrogens is 3. The highest BCUT2D eigenvalue weighted by atomic mass is 35.5. The molecule has 1 aromatic heterocycles. The second-order valence-corrected chi connectivity index (χ2v) is 5.24. The summed E-state index contributed by atoms with van der Waals surface area (Å²) in [6.07, 6.45) is 1.66. The van der Waals surface area contributed by atoms with Crippen molar-refractivity contribution in [1.82, 2.24) is 20.3 Å². The van der Waals surface area contributed by atoms with Gasteiger partial charge in [0.1, 0.15) is 0 Å². The van der Waals surface area contributed by atoms with Gasteiger partial charge in [0, 0.05) is 13.1 Å². The van der Waals surface area contributed by atoms with Crippen LogP contribution in [0.15, 0.2) is 24.4 Å². The van der Waals surface area contributed by atoms with Gasteiger partial charge in [0.15, 0.2) is 5.69 Å². The number of benzene rings is 1. The number of nitrogens with one attached hydrogen (secondary N) is 2. The Balaban J connectivity index is 1.73. The van der Waals surface area contributed by atoms with Gasteiger partial charge in [-0.3, -0.25) is 4.79 Å². The largest absolute Gasteiger partial charge is 0.319 e. The Labute approximate surface area is 121 Å². The fraction of sp³-hybridized carbons (Fsp3) is 0.308. The van der Waals surface area contributed by atoms with Crippen LogP contribution in [-0.2, 0) is 0 Å². The van der Waals surface area contributed by atoms with Crippen LogP contribution in [0.1, 0.15) is 22.1 Å². The zero-order valence-electron chi connectivity index (χ0n) is 10.9. The van der Waals surface area contributed by atoms with Gasteiger partial charge >= 0.3 is 0 Å². The predicted molar refractivity (Wildman–Crippen MR) is 76.1 cm³/mol. The summed E-state index contributed by atoms with van der Waals surface area (Å²) in [5.74, 6) is -0.311. The molecule has 6 nitrogen and oxygen atoms in total. The molecule has 1 aliphatic heterocycles. The molecular weight excluding hydrogens is 278 g/mol. The van der Waals surface area contributed by atoms with E-state index in [4.69, 9.17) is 11.6 Å². The number of anilines is 1. The molecule has 1 aliphatic rings. The van der Waals surface area contributed by atoms with Crippen molar-refractivity contribution in [2.45, 2.75) is 13.0 Å². The quantitative estimate of drug-likeness (QED) is 0.902. The Morgan fingerprint density at radius 2 is 2.30 bits per heavy atom. The third-order valence-corrected chi connectivity index (χ3v) is 3.56. The first-order chi connectivity index (χ1) is 9.63. The zero-order valence-corrected chi connectivity index (χ0v) is 11.7. The van der Waals surface area contributed by atoms with Crippen LogP contribution < -0.4 is 10.6 Å². The average Bonchev–Trinajstić information content (AvgIpc) is 2.80. The molecule has 0 spiro atoms. The lowest BCUT2D eigenvalue weighted by Crippen LogP contribution is -2.43. The van der Waals surface area contributed by atoms with Crippen molar-refractivity contribution in [3.05, 3.63) is 40.7 Å². The highest BCUT2D eigenvalue weighted by Gasteiger charge is 2.21. The summed E-state index contributed by atoms with van der Waals surface area (Å²) < 4.78 is 1.71. The maximum atomic E-state index is 12.1. The molecule has 0 aliphatic carbocycles. The topological polar surface area (TPSA) is 71.8 Å². The van der Waals surface area contributed by atoms with E-state index in [1.165, 1.54) is 0 Å². The van der Waals surface area contributed by atoms with E-state index in [-0.39, 0.29) is 17.6 Å². The van der Waals surface area contributed by atoms with Crippen LogP contribution >= 0.6 is 11.6 Å². The number of hydrogen-bond acceptors (Lipinski definition) is 4. The van der Waals surface area contributed by atoms with Crippen molar-refractivity contribution in [2.24, 2.45) is 0 Å². The van der Waals surface area contributed by atoms with Gasteiger partial charge in [-0.25, -0.2) is 4.68 Å². The number of rotatable bonds is 3. The summed E-state index contributed by atoms with van der Waals surface area (Å²) in [6, 6.07) is 5.74. The van der Waals surface area contributed by atoms with E-state index in [1.54, 1.807) is 23.0 Å². The van der Waals surface area contributed by atoms with Crippen LogP contribution in [0, 0.1) is 6.92 Å². The fourth-order valence-corrected chi connectivity index (χ4v) is 2.21. The van der Waals surface area contributed by atoms with Gasteiger partial charge in [0.05, 0.1) is 22.9 Å². The molecule has 20 heavy (non-hydrogen) atoms. The molecule has 1 aromatic carbocycles. The monoisotopic (exact) mass is 291 g/mol. The maximum absolute atomic E-state index is 12.1. The van der Waals surface area contributed by atoms with Gasteiger partial charge in [-0.1, -0.05) is 22.9 Å². The van der Waals surface area contributed by atoms with Crippen molar-refractivity contribution in [2.75, 3.05) is 18.4 Å². The molecule has 3 rings (SSSR count). The van der Waals surface area contributed by atoms with E-state index in [9.17, 15) is 4.79 Å². The number of halogens is 1. The normalized spacial score (nSPS) is 14.9. The van der Waals surface area contributed by atoms with Crippen molar-refractivity contribution < 1.29 is 4.79 Å². The van der Waals surface area contributed by atoms with E-state index in [1.807, 2.05) is 13.0 Å². The molecule has 1 saturated heterocycles. The van der Waals surface area contributed by atoms with Crippen molar-refractivity contribution in [1.29, 1.82) is 0 Å². The highest BCUT2D eigenvalue weighted by Crippen LogP contribution is 2.23. The first kappa shape index (κ1) is 13.1. The molecule has 1 amide bonds. The van der Waals surface area contributed by atoms with Crippen molar-refractivity contribution in [3.63, 3.8) is 0 Å². The van der Waals surface area contributed by atoms with Gasteiger partial charge in [0.25, 0.3) is 5.91 Å². The molecule has 2 aromatic rings. The van der Waals surface area contributed by atoms with Crippen molar-refractivity contribution in [3.8, 4) is 0 Å². The molecule has 7 heteroatoms. The predicted octanol–water partition coefficient (Wildman–Crippen LogP) is 1.64. The van der Waals surface area contributed by atoms with Crippen LogP contribution in [0.3, 0.4) is 0 Å². The minimum absolute atomic E-state index is 0.284. The van der Waals surface area contributed by atoms with Gasteiger partial charge in [-0.05, 0) is 24.6 Å². The van der Waals surface area contributed by atoms with Crippen LogP contribution in [0.2, 0.25) is 5.02 Å². The summed E-state index contributed by atoms with van der Waals surface area (Å²) >= 11 is 6.08. The van der Waals surface area contributed by atoms with Gasteiger partial charge in [0.2, 0.25) is 0 Å². The average molecular weight is 292 g/mol. The summed E-state index contributed by atoms with van der Waals surface area (Å²) in [5, 5.41) is 14.3. The molecule has 1 fully saturated rings. The lowest BCUT2D eigenvalue weighted by molar-refractivity contribution is 0.102. The van der Waals surface area contributed by atoms with Crippen molar-refractivity contribution >= 4 is 23.2 Å². The Bertz CT molecular complexity index is 650. The second kappa shape index (κ2) is 5.22. The highest BCUT2D eigenvalue weighted by molar-refractivity contribution is 6.34. The summed E-state index contributed by atoms with van der Waals surface area (Å²) in [7, 11) is 0. The van der Waals surface area contributed by atoms with Crippen LogP contribution in [0.4, 0.5) is 5.69 Å². The first-order valence-corrected chi connectivity index (χ1v) is 6.71. The minimum atomic E-state index is -0.311. The Kier molecular flexibility index (Phi) is 3.42. The van der Waals surface area contributed by atoms with E-state index in [0.29, 0.717) is 10.7 Å². The first-order valence-electron chi connectivity index (χ1n) is 6.33. The Morgan fingerprint density at radius 1 is 1.50 bits per heavy atom. The Hall–Kier alpha value is -1.92. The van der Waals surface area contributed by atoms with Crippen LogP contribution in [0.5, 0.6) is 0 Å². The number of carbonyl (C=O) groups is 1. The van der Waals surface area contributed by atoms with E-state index >= 15 is 0 Å². The molecule has 2 N–H and O–H groups in total. The third-order valence-electron chi connectivity index (χ3n) is 3.25. The molecule has 0 bridgehead atoms. The van der Waals surface area contributed by atoms with E-state index in [0.717, 1.165) is 18.7 Å². The fourth-order valence-electron chi connectivity index (χ4n) is 1.93. The second-order valence-electron chi connectivity index (χ2n) is 4.83. The number of amides is 1. The number of carbonyl (C=O) groups excluding carboxylic acids is 1. The van der Waals surface area contributed by atoms with Crippen LogP contribution in [-0.4, -0.2) is 34.0 Å². The molecular formula is C13H14ClN5O. The van der Waals surface area contributed by atoms with Crippen LogP contribution in [0.25, 0.3) is 0 Å². The Morgan fingerprint density at radius 3 is 2.95 bits per heavy atom. The molecule has 104 valence electrons. The van der Waals surface area contributed by atoms with Gasteiger partial charge in [-0.15, -0.1) is 5.10 Å². The standard InChI is InChI=1S/C13H14ClN5O/c1-8-2-3-11(10(14)4-8)16-13(20)12-7-19(18-17-12)9-5-15-6-9/h2-4,7,9,15H,5-6H2,1H3,(H,16,20). The van der Waals surface area contributed by atoms with Gasteiger partial charge < -0.3 is 10.6 Å². The lowest BCUT2D eigenvalue weighted by Gasteiger charge is -2.26. The molecule has 0 radical (unpaired) electrons. The zero-order chi connectivity index (χ0) is 14.1. The number of hydrogen-bond donors (Lipinski definition) is 2. The summed E-state index contributed by atoms with van der Waals surface area (Å²) in [5.41, 5.74) is 1.90. The lowest BCUT2D eigenvalue weighted by atomic mass is 10.2. The van der Waals surface area contributed by atoms with E-state index < -0.39 is 0 Å². The molecule has 0 saturated carbocycles. The van der Waals surface area contributed by atoms with Gasteiger partial charge in [-0.2, -0.15) is 0 Å². The number of nitrogens with zero attached hydrogens (tertiary/aromatic N) is 3.